The number of hydrogen-bond donors (Lipinski definition) is 0. The Bertz CT molecular complexity index is 245. The molecule has 64 valence electrons. The average Bonchev–Trinajstić information content (AvgIpc) is 2.47. The van der Waals surface area contributed by atoms with Gasteiger partial charge in [-0.15, -0.1) is 11.8 Å². The predicted octanol–water partition coefficient (Wildman–Crippen LogP) is 0.914. The number of allylic oxidation sites excluding steroid dienone is 1. The summed E-state index contributed by atoms with van der Waals surface area (Å²) in [5.41, 5.74) is 0. The third kappa shape index (κ3) is 1.98. The highest BCUT2D eigenvalue weighted by molar-refractivity contribution is 8.04. The van der Waals surface area contributed by atoms with Crippen LogP contribution in [0, 0.1) is 0 Å². The highest BCUT2D eigenvalue weighted by Crippen LogP contribution is 2.21. The van der Waals surface area contributed by atoms with Gasteiger partial charge in [-0.25, -0.2) is 0 Å². The number of hydrogen-bond acceptors (Lipinski definition) is 4. The van der Waals surface area contributed by atoms with Crippen molar-refractivity contribution in [3.8, 4) is 0 Å². The number of carbonyl (C=O) groups excluding carboxylic acids is 2. The fourth-order valence-corrected chi connectivity index (χ4v) is 1.49. The van der Waals surface area contributed by atoms with E-state index in [-0.39, 0.29) is 12.4 Å². The molecule has 1 heterocycles. The first-order chi connectivity index (χ1) is 5.75. The monoisotopic (exact) mass is 184 g/mol. The molecule has 0 fully saturated rings. The Morgan fingerprint density at radius 2 is 2.58 bits per heavy atom. The smallest absolute Gasteiger partial charge is 0.327 e. The van der Waals surface area contributed by atoms with E-state index in [1.54, 1.807) is 5.41 Å². The molecular weight excluding hydrogens is 176 g/mol. The van der Waals surface area contributed by atoms with E-state index in [1.165, 1.54) is 23.9 Å². The van der Waals surface area contributed by atoms with E-state index >= 15 is 0 Å². The summed E-state index contributed by atoms with van der Waals surface area (Å²) in [5.74, 6) is -0.691. The lowest BCUT2D eigenvalue weighted by atomic mass is 10.3. The maximum Gasteiger partial charge on any atom is 0.327 e. The van der Waals surface area contributed by atoms with Crippen LogP contribution >= 0.6 is 11.8 Å². The number of rotatable bonds is 3. The fraction of sp³-hybridized carbons (Fsp3) is 0.250. The first-order valence-corrected chi connectivity index (χ1v) is 4.33. The van der Waals surface area contributed by atoms with Gasteiger partial charge in [0.15, 0.2) is 11.0 Å². The molecule has 0 radical (unpaired) electrons. The van der Waals surface area contributed by atoms with Gasteiger partial charge in [0.2, 0.25) is 0 Å². The maximum atomic E-state index is 11.1. The molecule has 0 amide bonds. The van der Waals surface area contributed by atoms with Gasteiger partial charge in [0.05, 0.1) is 0 Å². The van der Waals surface area contributed by atoms with Crippen LogP contribution in [0.1, 0.15) is 0 Å². The molecule has 4 heteroatoms. The molecule has 0 N–H and O–H groups in total. The van der Waals surface area contributed by atoms with Crippen LogP contribution in [-0.2, 0) is 14.3 Å². The second kappa shape index (κ2) is 4.11. The molecule has 1 unspecified atom stereocenters. The summed E-state index contributed by atoms with van der Waals surface area (Å²) >= 11 is 1.17. The van der Waals surface area contributed by atoms with Gasteiger partial charge < -0.3 is 4.74 Å². The number of ketones is 1. The number of carbonyl (C=O) groups is 2. The minimum Gasteiger partial charge on any atom is -0.460 e. The fourth-order valence-electron chi connectivity index (χ4n) is 0.728. The van der Waals surface area contributed by atoms with Crippen LogP contribution in [0.4, 0.5) is 0 Å². The summed E-state index contributed by atoms with van der Waals surface area (Å²) in [6.45, 7) is 3.55. The van der Waals surface area contributed by atoms with E-state index in [1.807, 2.05) is 0 Å². The Kier molecular flexibility index (Phi) is 3.10. The Morgan fingerprint density at radius 1 is 1.83 bits per heavy atom. The third-order valence-corrected chi connectivity index (χ3v) is 2.25. The Balaban J connectivity index is 2.43. The van der Waals surface area contributed by atoms with E-state index in [2.05, 4.69) is 6.58 Å². The topological polar surface area (TPSA) is 43.4 Å². The molecule has 0 aliphatic carbocycles. The van der Waals surface area contributed by atoms with Crippen molar-refractivity contribution in [3.05, 3.63) is 24.1 Å². The quantitative estimate of drug-likeness (QED) is 0.371. The predicted molar refractivity (Wildman–Crippen MR) is 46.7 cm³/mol. The summed E-state index contributed by atoms with van der Waals surface area (Å²) in [6, 6.07) is 0. The largest absolute Gasteiger partial charge is 0.460 e. The second-order valence-corrected chi connectivity index (χ2v) is 3.16. The highest BCUT2D eigenvalue weighted by Gasteiger charge is 2.29. The van der Waals surface area contributed by atoms with Gasteiger partial charge in [0.25, 0.3) is 0 Å². The zero-order chi connectivity index (χ0) is 8.97. The van der Waals surface area contributed by atoms with Crippen LogP contribution in [0.5, 0.6) is 0 Å². The molecule has 1 atom stereocenters. The van der Waals surface area contributed by atoms with Crippen molar-refractivity contribution < 1.29 is 14.3 Å². The van der Waals surface area contributed by atoms with E-state index in [0.717, 1.165) is 0 Å². The van der Waals surface area contributed by atoms with Crippen molar-refractivity contribution in [2.45, 2.75) is 5.25 Å². The lowest BCUT2D eigenvalue weighted by Crippen LogP contribution is -2.24. The van der Waals surface area contributed by atoms with Gasteiger partial charge in [-0.1, -0.05) is 12.7 Å². The zero-order valence-corrected chi connectivity index (χ0v) is 7.17. The Labute approximate surface area is 74.5 Å². The first kappa shape index (κ1) is 9.06. The summed E-state index contributed by atoms with van der Waals surface area (Å²) < 4.78 is 4.71. The minimum atomic E-state index is -0.690. The average molecular weight is 184 g/mol. The first-order valence-electron chi connectivity index (χ1n) is 3.39. The molecule has 0 aromatic heterocycles. The molecule has 0 saturated heterocycles. The van der Waals surface area contributed by atoms with Crippen LogP contribution in [0.15, 0.2) is 24.1 Å². The number of ether oxygens (including phenoxy) is 1. The van der Waals surface area contributed by atoms with E-state index in [4.69, 9.17) is 4.74 Å². The van der Waals surface area contributed by atoms with Gasteiger partial charge in [0.1, 0.15) is 6.61 Å². The van der Waals surface area contributed by atoms with Crippen molar-refractivity contribution in [1.29, 1.82) is 0 Å². The zero-order valence-electron chi connectivity index (χ0n) is 6.36. The third-order valence-electron chi connectivity index (χ3n) is 1.26. The SMILES string of the molecule is C=CCOC(=O)C1SC=CC1=O. The van der Waals surface area contributed by atoms with E-state index in [9.17, 15) is 9.59 Å². The van der Waals surface area contributed by atoms with Crippen LogP contribution in [0.25, 0.3) is 0 Å². The van der Waals surface area contributed by atoms with Crippen LogP contribution in [-0.4, -0.2) is 23.6 Å². The van der Waals surface area contributed by atoms with Crippen molar-refractivity contribution in [3.63, 3.8) is 0 Å². The lowest BCUT2D eigenvalue weighted by molar-refractivity contribution is -0.143. The molecule has 1 rings (SSSR count). The van der Waals surface area contributed by atoms with Crippen LogP contribution in [0.2, 0.25) is 0 Å². The summed E-state index contributed by atoms with van der Waals surface area (Å²) in [7, 11) is 0. The summed E-state index contributed by atoms with van der Waals surface area (Å²) in [6.07, 6.45) is 2.85. The normalized spacial score (nSPS) is 21.0. The highest BCUT2D eigenvalue weighted by atomic mass is 32.2. The van der Waals surface area contributed by atoms with Gasteiger partial charge in [0, 0.05) is 0 Å². The molecule has 1 aliphatic rings. The molecule has 0 aromatic rings. The standard InChI is InChI=1S/C8H8O3S/c1-2-4-11-8(10)7-6(9)3-5-12-7/h2-3,5,7H,1,4H2. The maximum absolute atomic E-state index is 11.1. The Morgan fingerprint density at radius 3 is 3.08 bits per heavy atom. The van der Waals surface area contributed by atoms with Crippen LogP contribution < -0.4 is 0 Å². The molecule has 0 bridgehead atoms. The molecule has 0 spiro atoms. The molecular formula is C8H8O3S. The summed E-state index contributed by atoms with van der Waals surface area (Å²) in [4.78, 5) is 22.0. The van der Waals surface area contributed by atoms with Crippen LogP contribution in [0.3, 0.4) is 0 Å². The van der Waals surface area contributed by atoms with Crippen molar-refractivity contribution >= 4 is 23.5 Å². The summed E-state index contributed by atoms with van der Waals surface area (Å²) in [5, 5.41) is 0.910. The van der Waals surface area contributed by atoms with Gasteiger partial charge in [-0.2, -0.15) is 0 Å². The molecule has 0 aromatic carbocycles. The van der Waals surface area contributed by atoms with Crippen molar-refractivity contribution in [2.75, 3.05) is 6.61 Å². The molecule has 3 nitrogen and oxygen atoms in total. The molecule has 12 heavy (non-hydrogen) atoms. The van der Waals surface area contributed by atoms with Gasteiger partial charge >= 0.3 is 5.97 Å². The minimum absolute atomic E-state index is 0.156. The van der Waals surface area contributed by atoms with Gasteiger partial charge in [-0.3, -0.25) is 9.59 Å². The lowest BCUT2D eigenvalue weighted by Gasteiger charge is -2.05. The Hall–Kier alpha value is -1.03. The van der Waals surface area contributed by atoms with E-state index < -0.39 is 11.2 Å². The second-order valence-electron chi connectivity index (χ2n) is 2.14. The molecule has 1 aliphatic heterocycles. The number of thioether (sulfide) groups is 1. The van der Waals surface area contributed by atoms with Crippen molar-refractivity contribution in [2.24, 2.45) is 0 Å². The number of esters is 1. The van der Waals surface area contributed by atoms with E-state index in [0.29, 0.717) is 0 Å². The molecule has 0 saturated carbocycles. The van der Waals surface area contributed by atoms with Crippen molar-refractivity contribution in [1.82, 2.24) is 0 Å². The van der Waals surface area contributed by atoms with Gasteiger partial charge in [-0.05, 0) is 11.5 Å².